The van der Waals surface area contributed by atoms with E-state index in [0.717, 1.165) is 22.4 Å². The summed E-state index contributed by atoms with van der Waals surface area (Å²) < 4.78 is 27.4. The summed E-state index contributed by atoms with van der Waals surface area (Å²) in [6.45, 7) is 2.49. The Kier molecular flexibility index (Phi) is 4.72. The third-order valence-electron chi connectivity index (χ3n) is 4.71. The average Bonchev–Trinajstić information content (AvgIpc) is 2.69. The molecule has 0 bridgehead atoms. The summed E-state index contributed by atoms with van der Waals surface area (Å²) in [6.07, 6.45) is 2.28. The Hall–Kier alpha value is -2.28. The highest BCUT2D eigenvalue weighted by molar-refractivity contribution is 7.89. The van der Waals surface area contributed by atoms with Gasteiger partial charge in [0, 0.05) is 41.9 Å². The number of benzene rings is 2. The minimum Gasteiger partial charge on any atom is -0.236 e. The van der Waals surface area contributed by atoms with E-state index in [2.05, 4.69) is 9.97 Å². The molecule has 0 fully saturated rings. The molecule has 0 saturated carbocycles. The molecule has 0 atom stereocenters. The molecule has 1 aliphatic heterocycles. The average molecular weight is 400 g/mol. The van der Waals surface area contributed by atoms with E-state index in [0.29, 0.717) is 23.8 Å². The lowest BCUT2D eigenvalue weighted by molar-refractivity contribution is 0.387. The van der Waals surface area contributed by atoms with Gasteiger partial charge in [0.15, 0.2) is 5.82 Å². The van der Waals surface area contributed by atoms with Crippen molar-refractivity contribution in [2.45, 2.75) is 24.8 Å². The van der Waals surface area contributed by atoms with Crippen LogP contribution < -0.4 is 0 Å². The van der Waals surface area contributed by atoms with Gasteiger partial charge in [0.05, 0.1) is 10.6 Å². The van der Waals surface area contributed by atoms with Gasteiger partial charge in [-0.1, -0.05) is 48.0 Å². The second-order valence-corrected chi connectivity index (χ2v) is 8.88. The van der Waals surface area contributed by atoms with Crippen LogP contribution in [0.2, 0.25) is 5.02 Å². The van der Waals surface area contributed by atoms with Crippen LogP contribution in [0, 0.1) is 6.92 Å². The van der Waals surface area contributed by atoms with E-state index >= 15 is 0 Å². The van der Waals surface area contributed by atoms with Crippen LogP contribution in [0.4, 0.5) is 0 Å². The van der Waals surface area contributed by atoms with Crippen LogP contribution in [0.15, 0.2) is 59.6 Å². The van der Waals surface area contributed by atoms with E-state index in [1.807, 2.05) is 37.3 Å². The van der Waals surface area contributed by atoms with Gasteiger partial charge in [-0.2, -0.15) is 4.31 Å². The molecule has 3 aromatic rings. The monoisotopic (exact) mass is 399 g/mol. The van der Waals surface area contributed by atoms with E-state index in [1.54, 1.807) is 18.3 Å². The number of aromatic nitrogens is 2. The third-order valence-corrected chi connectivity index (χ3v) is 6.96. The quantitative estimate of drug-likeness (QED) is 0.671. The summed E-state index contributed by atoms with van der Waals surface area (Å²) in [5, 5.41) is 0.448. The lowest BCUT2D eigenvalue weighted by atomic mass is 10.1. The molecule has 1 aliphatic rings. The van der Waals surface area contributed by atoms with Crippen molar-refractivity contribution in [3.63, 3.8) is 0 Å². The lowest BCUT2D eigenvalue weighted by Gasteiger charge is -2.27. The van der Waals surface area contributed by atoms with Crippen molar-refractivity contribution in [2.24, 2.45) is 0 Å². The Morgan fingerprint density at radius 3 is 2.63 bits per heavy atom. The maximum Gasteiger partial charge on any atom is 0.243 e. The van der Waals surface area contributed by atoms with E-state index in [1.165, 1.54) is 10.4 Å². The smallest absolute Gasteiger partial charge is 0.236 e. The van der Waals surface area contributed by atoms with E-state index in [-0.39, 0.29) is 11.4 Å². The molecule has 0 aliphatic carbocycles. The minimum atomic E-state index is -3.61. The number of sulfonamides is 1. The summed E-state index contributed by atoms with van der Waals surface area (Å²) in [5.41, 5.74) is 3.53. The molecule has 2 aromatic carbocycles. The van der Waals surface area contributed by atoms with Gasteiger partial charge in [-0.25, -0.2) is 18.4 Å². The fourth-order valence-electron chi connectivity index (χ4n) is 3.10. The standard InChI is InChI=1S/C20H18ClN3O2S/c1-14-7-8-17(11-18(14)21)27(25,26)24-10-9-19-16(13-24)12-22-20(23-19)15-5-3-2-4-6-15/h2-8,11-12H,9-10,13H2,1H3. The maximum absolute atomic E-state index is 13.0. The first-order valence-corrected chi connectivity index (χ1v) is 10.4. The molecule has 2 heterocycles. The normalized spacial score (nSPS) is 14.7. The Morgan fingerprint density at radius 2 is 1.89 bits per heavy atom. The summed E-state index contributed by atoms with van der Waals surface area (Å²) in [6, 6.07) is 14.6. The van der Waals surface area contributed by atoms with Gasteiger partial charge < -0.3 is 0 Å². The van der Waals surface area contributed by atoms with Crippen molar-refractivity contribution in [1.82, 2.24) is 14.3 Å². The molecule has 138 valence electrons. The molecule has 0 amide bonds. The van der Waals surface area contributed by atoms with Gasteiger partial charge >= 0.3 is 0 Å². The zero-order valence-electron chi connectivity index (χ0n) is 14.8. The summed E-state index contributed by atoms with van der Waals surface area (Å²) in [5.74, 6) is 0.663. The Bertz CT molecular complexity index is 1100. The van der Waals surface area contributed by atoms with Crippen molar-refractivity contribution < 1.29 is 8.42 Å². The number of hydrogen-bond donors (Lipinski definition) is 0. The fraction of sp³-hybridized carbons (Fsp3) is 0.200. The molecule has 27 heavy (non-hydrogen) atoms. The molecule has 0 saturated heterocycles. The zero-order valence-corrected chi connectivity index (χ0v) is 16.3. The highest BCUT2D eigenvalue weighted by Crippen LogP contribution is 2.27. The minimum absolute atomic E-state index is 0.211. The van der Waals surface area contributed by atoms with Gasteiger partial charge in [-0.15, -0.1) is 0 Å². The van der Waals surface area contributed by atoms with Gasteiger partial charge in [0.25, 0.3) is 0 Å². The summed E-state index contributed by atoms with van der Waals surface area (Å²) in [7, 11) is -3.61. The van der Waals surface area contributed by atoms with Gasteiger partial charge in [0.2, 0.25) is 10.0 Å². The van der Waals surface area contributed by atoms with E-state index in [9.17, 15) is 8.42 Å². The number of hydrogen-bond acceptors (Lipinski definition) is 4. The van der Waals surface area contributed by atoms with Gasteiger partial charge in [-0.05, 0) is 24.6 Å². The van der Waals surface area contributed by atoms with Gasteiger partial charge in [0.1, 0.15) is 0 Å². The van der Waals surface area contributed by atoms with Gasteiger partial charge in [-0.3, -0.25) is 0 Å². The van der Waals surface area contributed by atoms with Crippen molar-refractivity contribution in [3.8, 4) is 11.4 Å². The number of aryl methyl sites for hydroxylation is 1. The van der Waals surface area contributed by atoms with E-state index < -0.39 is 10.0 Å². The van der Waals surface area contributed by atoms with Crippen LogP contribution in [0.3, 0.4) is 0 Å². The molecule has 0 unspecified atom stereocenters. The Balaban J connectivity index is 1.62. The van der Waals surface area contributed by atoms with Crippen LogP contribution in [0.25, 0.3) is 11.4 Å². The van der Waals surface area contributed by atoms with E-state index in [4.69, 9.17) is 11.6 Å². The number of rotatable bonds is 3. The number of fused-ring (bicyclic) bond motifs is 1. The fourth-order valence-corrected chi connectivity index (χ4v) is 4.80. The van der Waals surface area contributed by atoms with Crippen LogP contribution in [-0.4, -0.2) is 29.2 Å². The molecule has 7 heteroatoms. The Morgan fingerprint density at radius 1 is 1.11 bits per heavy atom. The molecular formula is C20H18ClN3O2S. The first-order valence-electron chi connectivity index (χ1n) is 8.61. The van der Waals surface area contributed by atoms with Crippen LogP contribution in [0.5, 0.6) is 0 Å². The largest absolute Gasteiger partial charge is 0.243 e. The highest BCUT2D eigenvalue weighted by atomic mass is 35.5. The van der Waals surface area contributed by atoms with Crippen molar-refractivity contribution >= 4 is 21.6 Å². The summed E-state index contributed by atoms with van der Waals surface area (Å²) >= 11 is 6.11. The lowest BCUT2D eigenvalue weighted by Crippen LogP contribution is -2.36. The topological polar surface area (TPSA) is 63.2 Å². The molecule has 0 radical (unpaired) electrons. The first-order chi connectivity index (χ1) is 12.9. The molecule has 1 aromatic heterocycles. The molecule has 0 N–H and O–H groups in total. The molecule has 5 nitrogen and oxygen atoms in total. The molecule has 4 rings (SSSR count). The van der Waals surface area contributed by atoms with Crippen molar-refractivity contribution in [1.29, 1.82) is 0 Å². The predicted octanol–water partition coefficient (Wildman–Crippen LogP) is 3.85. The second-order valence-electron chi connectivity index (χ2n) is 6.53. The Labute approximate surface area is 163 Å². The number of halogens is 1. The van der Waals surface area contributed by atoms with Crippen molar-refractivity contribution in [2.75, 3.05) is 6.54 Å². The first kappa shape index (κ1) is 18.1. The van der Waals surface area contributed by atoms with Crippen molar-refractivity contribution in [3.05, 3.63) is 76.6 Å². The van der Waals surface area contributed by atoms with Crippen LogP contribution >= 0.6 is 11.6 Å². The third kappa shape index (κ3) is 3.48. The highest BCUT2D eigenvalue weighted by Gasteiger charge is 2.29. The summed E-state index contributed by atoms with van der Waals surface area (Å²) in [4.78, 5) is 9.28. The zero-order chi connectivity index (χ0) is 19.0. The number of nitrogens with zero attached hydrogens (tertiary/aromatic N) is 3. The second kappa shape index (κ2) is 7.03. The molecular weight excluding hydrogens is 382 g/mol. The van der Waals surface area contributed by atoms with Crippen LogP contribution in [0.1, 0.15) is 16.8 Å². The molecule has 0 spiro atoms. The predicted molar refractivity (Wildman–Crippen MR) is 105 cm³/mol. The maximum atomic E-state index is 13.0. The van der Waals surface area contributed by atoms with Crippen LogP contribution in [-0.2, 0) is 23.0 Å². The SMILES string of the molecule is Cc1ccc(S(=O)(=O)N2CCc3nc(-c4ccccc4)ncc3C2)cc1Cl.